The molecular formula is C24H43BClN3O6. The van der Waals surface area contributed by atoms with Crippen LogP contribution in [0.1, 0.15) is 73.6 Å². The maximum absolute atomic E-state index is 12.9. The number of hydrogen-bond donors (Lipinski definition) is 3. The number of nitrogens with two attached hydrogens (primary N) is 1. The van der Waals surface area contributed by atoms with Crippen LogP contribution in [0.3, 0.4) is 0 Å². The minimum atomic E-state index is -0.924. The lowest BCUT2D eigenvalue weighted by Crippen LogP contribution is -2.65. The van der Waals surface area contributed by atoms with E-state index in [1.54, 1.807) is 6.92 Å². The molecule has 3 saturated carbocycles. The van der Waals surface area contributed by atoms with Crippen LogP contribution in [0.4, 0.5) is 0 Å². The van der Waals surface area contributed by atoms with E-state index in [2.05, 4.69) is 45.3 Å². The van der Waals surface area contributed by atoms with Crippen molar-refractivity contribution >= 4 is 37.3 Å². The van der Waals surface area contributed by atoms with Gasteiger partial charge in [-0.25, -0.2) is 0 Å². The van der Waals surface area contributed by atoms with E-state index in [0.717, 1.165) is 12.8 Å². The predicted molar refractivity (Wildman–Crippen MR) is 136 cm³/mol. The Morgan fingerprint density at radius 3 is 2.46 bits per heavy atom. The Morgan fingerprint density at radius 2 is 1.86 bits per heavy atom. The summed E-state index contributed by atoms with van der Waals surface area (Å²) in [6.45, 7) is 12.9. The van der Waals surface area contributed by atoms with Crippen molar-refractivity contribution in [2.45, 2.75) is 97.3 Å². The van der Waals surface area contributed by atoms with E-state index in [-0.39, 0.29) is 73.3 Å². The molecule has 0 unspecified atom stereocenters. The lowest BCUT2D eigenvalue weighted by atomic mass is 9.43. The monoisotopic (exact) mass is 515 g/mol. The molecule has 0 spiro atoms. The van der Waals surface area contributed by atoms with Crippen molar-refractivity contribution in [2.75, 3.05) is 13.2 Å². The van der Waals surface area contributed by atoms with Gasteiger partial charge >= 0.3 is 13.1 Å². The normalized spacial score (nSPS) is 29.8. The summed E-state index contributed by atoms with van der Waals surface area (Å²) in [7, 11) is -0.525. The van der Waals surface area contributed by atoms with Crippen LogP contribution in [0.2, 0.25) is 0 Å². The number of amides is 2. The van der Waals surface area contributed by atoms with Crippen LogP contribution >= 0.6 is 12.4 Å². The Hall–Kier alpha value is -1.36. The van der Waals surface area contributed by atoms with Crippen LogP contribution in [0.5, 0.6) is 0 Å². The van der Waals surface area contributed by atoms with Crippen molar-refractivity contribution in [1.29, 1.82) is 0 Å². The smallest absolute Gasteiger partial charge is 0.466 e. The summed E-state index contributed by atoms with van der Waals surface area (Å²) in [6.07, 6.45) is 2.86. The molecule has 1 heterocycles. The van der Waals surface area contributed by atoms with Gasteiger partial charge in [0.05, 0.1) is 30.7 Å². The number of carbonyl (C=O) groups excluding carboxylic acids is 3. The lowest BCUT2D eigenvalue weighted by Gasteiger charge is -2.64. The number of ether oxygens (including phenoxy) is 1. The maximum Gasteiger partial charge on any atom is 0.481 e. The predicted octanol–water partition coefficient (Wildman–Crippen LogP) is 1.99. The Morgan fingerprint density at radius 1 is 1.17 bits per heavy atom. The van der Waals surface area contributed by atoms with E-state index in [0.29, 0.717) is 24.2 Å². The van der Waals surface area contributed by atoms with Gasteiger partial charge in [-0.1, -0.05) is 27.7 Å². The first-order chi connectivity index (χ1) is 15.9. The van der Waals surface area contributed by atoms with E-state index >= 15 is 0 Å². The highest BCUT2D eigenvalue weighted by Gasteiger charge is 2.68. The topological polar surface area (TPSA) is 129 Å². The number of nitrogens with one attached hydrogen (secondary N) is 2. The van der Waals surface area contributed by atoms with Gasteiger partial charge in [-0.3, -0.25) is 14.4 Å². The summed E-state index contributed by atoms with van der Waals surface area (Å²) in [6, 6.07) is -0.924. The SMILES string of the molecule is CCOC(=O)CCC(=O)NC[C@H](N)C(=O)N[C@@H](CC(C)C)B1O[C@@H]2C[C@@H]3C[C@@H](C3(C)C)[C@]2(C)O1.Cl. The van der Waals surface area contributed by atoms with Crippen molar-refractivity contribution in [3.8, 4) is 0 Å². The molecule has 11 heteroatoms. The highest BCUT2D eigenvalue weighted by molar-refractivity contribution is 6.47. The average Bonchev–Trinajstić information content (AvgIpc) is 3.12. The number of rotatable bonds is 11. The van der Waals surface area contributed by atoms with Crippen molar-refractivity contribution in [2.24, 2.45) is 28.9 Å². The minimum absolute atomic E-state index is 0. The second-order valence-corrected chi connectivity index (χ2v) is 11.3. The molecule has 1 aliphatic heterocycles. The Balaban J connectivity index is 0.00000432. The van der Waals surface area contributed by atoms with Gasteiger partial charge in [0.25, 0.3) is 0 Å². The zero-order chi connectivity index (χ0) is 25.3. The maximum atomic E-state index is 12.9. The molecule has 6 atom stereocenters. The molecular weight excluding hydrogens is 473 g/mol. The van der Waals surface area contributed by atoms with Gasteiger partial charge < -0.3 is 30.4 Å². The molecule has 3 aliphatic carbocycles. The number of esters is 1. The second kappa shape index (κ2) is 11.8. The molecule has 0 radical (unpaired) electrons. The zero-order valence-electron chi connectivity index (χ0n) is 21.9. The molecule has 200 valence electrons. The molecule has 2 amide bonds. The lowest BCUT2D eigenvalue weighted by molar-refractivity contribution is -0.199. The van der Waals surface area contributed by atoms with Gasteiger partial charge in [-0.2, -0.15) is 0 Å². The number of carbonyl (C=O) groups is 3. The molecule has 4 fully saturated rings. The third-order valence-electron chi connectivity index (χ3n) is 8.07. The molecule has 0 aromatic heterocycles. The Bertz CT molecular complexity index is 784. The van der Waals surface area contributed by atoms with Crippen LogP contribution in [0.25, 0.3) is 0 Å². The summed E-state index contributed by atoms with van der Waals surface area (Å²) < 4.78 is 17.8. The van der Waals surface area contributed by atoms with Crippen LogP contribution < -0.4 is 16.4 Å². The largest absolute Gasteiger partial charge is 0.481 e. The molecule has 0 aromatic rings. The van der Waals surface area contributed by atoms with Crippen LogP contribution in [0.15, 0.2) is 0 Å². The first kappa shape index (κ1) is 29.9. The number of hydrogen-bond acceptors (Lipinski definition) is 7. The molecule has 4 rings (SSSR count). The molecule has 2 bridgehead atoms. The van der Waals surface area contributed by atoms with E-state index in [1.165, 1.54) is 0 Å². The fourth-order valence-electron chi connectivity index (χ4n) is 5.96. The van der Waals surface area contributed by atoms with Gasteiger partial charge in [0.15, 0.2) is 0 Å². The van der Waals surface area contributed by atoms with Gasteiger partial charge in [0.2, 0.25) is 11.8 Å². The molecule has 9 nitrogen and oxygen atoms in total. The Kier molecular flexibility index (Phi) is 10.1. The summed E-state index contributed by atoms with van der Waals surface area (Å²) in [5, 5.41) is 5.63. The first-order valence-electron chi connectivity index (χ1n) is 12.7. The standard InChI is InChI=1S/C24H42BN3O6.ClH/c1-7-32-21(30)9-8-20(29)27-13-16(26)22(31)28-19(10-14(2)3)25-33-18-12-15-11-17(23(15,4)5)24(18,6)34-25;/h14-19H,7-13,26H2,1-6H3,(H,27,29)(H,28,31);1H/t15-,16-,17-,18+,19-,24-;/m0./s1. The van der Waals surface area contributed by atoms with Gasteiger partial charge in [0, 0.05) is 13.0 Å². The third kappa shape index (κ3) is 6.51. The van der Waals surface area contributed by atoms with Crippen molar-refractivity contribution in [3.05, 3.63) is 0 Å². The molecule has 4 N–H and O–H groups in total. The van der Waals surface area contributed by atoms with Crippen molar-refractivity contribution < 1.29 is 28.4 Å². The fraction of sp³-hybridized carbons (Fsp3) is 0.875. The first-order valence-corrected chi connectivity index (χ1v) is 12.7. The van der Waals surface area contributed by atoms with E-state index in [4.69, 9.17) is 19.8 Å². The fourth-order valence-corrected chi connectivity index (χ4v) is 5.96. The molecule has 35 heavy (non-hydrogen) atoms. The van der Waals surface area contributed by atoms with Crippen LogP contribution in [-0.4, -0.2) is 61.7 Å². The summed E-state index contributed by atoms with van der Waals surface area (Å²) >= 11 is 0. The van der Waals surface area contributed by atoms with Gasteiger partial charge in [-0.05, 0) is 56.3 Å². The van der Waals surface area contributed by atoms with E-state index in [1.807, 2.05) is 0 Å². The van der Waals surface area contributed by atoms with E-state index < -0.39 is 19.1 Å². The van der Waals surface area contributed by atoms with Crippen molar-refractivity contribution in [3.63, 3.8) is 0 Å². The van der Waals surface area contributed by atoms with Crippen LogP contribution in [0, 0.1) is 23.2 Å². The zero-order valence-corrected chi connectivity index (χ0v) is 22.7. The van der Waals surface area contributed by atoms with Crippen molar-refractivity contribution in [1.82, 2.24) is 10.6 Å². The summed E-state index contributed by atoms with van der Waals surface area (Å²) in [5.41, 5.74) is 5.95. The minimum Gasteiger partial charge on any atom is -0.466 e. The highest BCUT2D eigenvalue weighted by atomic mass is 35.5. The summed E-state index contributed by atoms with van der Waals surface area (Å²) in [5.74, 6) is -0.0712. The molecule has 1 saturated heterocycles. The van der Waals surface area contributed by atoms with Gasteiger partial charge in [0.1, 0.15) is 6.04 Å². The van der Waals surface area contributed by atoms with E-state index in [9.17, 15) is 14.4 Å². The summed E-state index contributed by atoms with van der Waals surface area (Å²) in [4.78, 5) is 36.2. The second-order valence-electron chi connectivity index (χ2n) is 11.3. The molecule has 0 aromatic carbocycles. The highest BCUT2D eigenvalue weighted by Crippen LogP contribution is 2.65. The van der Waals surface area contributed by atoms with Crippen LogP contribution in [-0.2, 0) is 28.4 Å². The quantitative estimate of drug-likeness (QED) is 0.283. The molecule has 4 aliphatic rings. The average molecular weight is 516 g/mol. The number of halogens is 1. The Labute approximate surface area is 215 Å². The van der Waals surface area contributed by atoms with Gasteiger partial charge in [-0.15, -0.1) is 12.4 Å². The third-order valence-corrected chi connectivity index (χ3v) is 8.07.